The van der Waals surface area contributed by atoms with Gasteiger partial charge in [0.1, 0.15) is 6.04 Å². The Morgan fingerprint density at radius 1 is 1.06 bits per heavy atom. The number of nitrogens with zero attached hydrogens (tertiary/aromatic N) is 2. The van der Waals surface area contributed by atoms with Crippen molar-refractivity contribution in [1.29, 1.82) is 0 Å². The number of carbonyl (C=O) groups is 2. The SMILES string of the molecule is COCCC1(C(=O)NC(Cc2ccc(-c3c(C)n(C)c(=O)n(C)c3=O)cc2)C(=O)OC)CCCC1. The summed E-state index contributed by atoms with van der Waals surface area (Å²) in [6, 6.07) is 6.38. The summed E-state index contributed by atoms with van der Waals surface area (Å²) in [5.41, 5.74) is 1.23. The molecule has 190 valence electrons. The van der Waals surface area contributed by atoms with Crippen LogP contribution in [0.2, 0.25) is 0 Å². The molecule has 1 atom stereocenters. The maximum absolute atomic E-state index is 13.3. The van der Waals surface area contributed by atoms with E-state index in [1.54, 1.807) is 33.2 Å². The Hall–Kier alpha value is -3.20. The van der Waals surface area contributed by atoms with Gasteiger partial charge in [0.15, 0.2) is 0 Å². The fourth-order valence-electron chi connectivity index (χ4n) is 4.91. The Morgan fingerprint density at radius 3 is 2.26 bits per heavy atom. The molecular formula is C26H35N3O6. The van der Waals surface area contributed by atoms with E-state index in [-0.39, 0.29) is 23.6 Å². The molecule has 1 unspecified atom stereocenters. The first-order chi connectivity index (χ1) is 16.6. The van der Waals surface area contributed by atoms with E-state index in [0.29, 0.717) is 29.8 Å². The minimum Gasteiger partial charge on any atom is -0.467 e. The standard InChI is InChI=1S/C26H35N3O6/c1-17-21(22(30)29(3)25(33)28(17)2)19-10-8-18(9-11-19)16-20(23(31)35-5)27-24(32)26(14-15-34-4)12-6-7-13-26/h8-11,20H,6-7,12-16H2,1-5H3,(H,27,32). The van der Waals surface area contributed by atoms with Crippen molar-refractivity contribution >= 4 is 11.9 Å². The highest BCUT2D eigenvalue weighted by atomic mass is 16.5. The van der Waals surface area contributed by atoms with Gasteiger partial charge in [0, 0.05) is 39.9 Å². The van der Waals surface area contributed by atoms with Crippen LogP contribution in [0.3, 0.4) is 0 Å². The number of nitrogens with one attached hydrogen (secondary N) is 1. The lowest BCUT2D eigenvalue weighted by Gasteiger charge is -2.29. The second kappa shape index (κ2) is 11.0. The summed E-state index contributed by atoms with van der Waals surface area (Å²) < 4.78 is 12.7. The van der Waals surface area contributed by atoms with Crippen molar-refractivity contribution in [1.82, 2.24) is 14.5 Å². The number of ether oxygens (including phenoxy) is 2. The number of hydrogen-bond donors (Lipinski definition) is 1. The molecule has 9 heteroatoms. The van der Waals surface area contributed by atoms with Crippen molar-refractivity contribution < 1.29 is 19.1 Å². The first-order valence-electron chi connectivity index (χ1n) is 11.9. The van der Waals surface area contributed by atoms with E-state index in [9.17, 15) is 19.2 Å². The Balaban J connectivity index is 1.83. The zero-order valence-corrected chi connectivity index (χ0v) is 21.2. The lowest BCUT2D eigenvalue weighted by atomic mass is 9.81. The zero-order chi connectivity index (χ0) is 25.8. The molecule has 1 heterocycles. The summed E-state index contributed by atoms with van der Waals surface area (Å²) in [5.74, 6) is -0.645. The molecule has 35 heavy (non-hydrogen) atoms. The number of aromatic nitrogens is 2. The van der Waals surface area contributed by atoms with Crippen molar-refractivity contribution in [2.75, 3.05) is 20.8 Å². The molecule has 2 aromatic rings. The van der Waals surface area contributed by atoms with E-state index in [1.807, 2.05) is 12.1 Å². The number of rotatable bonds is 9. The predicted molar refractivity (Wildman–Crippen MR) is 132 cm³/mol. The molecule has 1 saturated carbocycles. The van der Waals surface area contributed by atoms with Gasteiger partial charge in [-0.2, -0.15) is 0 Å². The third-order valence-corrected chi connectivity index (χ3v) is 7.26. The molecule has 9 nitrogen and oxygen atoms in total. The summed E-state index contributed by atoms with van der Waals surface area (Å²) in [6.07, 6.45) is 4.38. The molecule has 0 radical (unpaired) electrons. The number of amides is 1. The molecule has 0 spiro atoms. The fourth-order valence-corrected chi connectivity index (χ4v) is 4.91. The number of benzene rings is 1. The second-order valence-electron chi connectivity index (χ2n) is 9.35. The Bertz CT molecular complexity index is 1190. The summed E-state index contributed by atoms with van der Waals surface area (Å²) in [4.78, 5) is 50.7. The predicted octanol–water partition coefficient (Wildman–Crippen LogP) is 1.86. The van der Waals surface area contributed by atoms with Gasteiger partial charge in [-0.15, -0.1) is 0 Å². The van der Waals surface area contributed by atoms with Gasteiger partial charge in [0.25, 0.3) is 5.56 Å². The number of methoxy groups -OCH3 is 2. The first kappa shape index (κ1) is 26.4. The van der Waals surface area contributed by atoms with E-state index < -0.39 is 17.4 Å². The lowest BCUT2D eigenvalue weighted by Crippen LogP contribution is -2.49. The maximum atomic E-state index is 13.3. The van der Waals surface area contributed by atoms with E-state index >= 15 is 0 Å². The van der Waals surface area contributed by atoms with Crippen LogP contribution in [0.15, 0.2) is 33.9 Å². The first-order valence-corrected chi connectivity index (χ1v) is 11.9. The van der Waals surface area contributed by atoms with E-state index in [1.165, 1.54) is 18.7 Å². The molecule has 0 saturated heterocycles. The largest absolute Gasteiger partial charge is 0.467 e. The highest BCUT2D eigenvalue weighted by Gasteiger charge is 2.42. The molecule has 1 aromatic heterocycles. The maximum Gasteiger partial charge on any atom is 0.330 e. The normalized spacial score (nSPS) is 15.6. The van der Waals surface area contributed by atoms with Crippen LogP contribution in [-0.4, -0.2) is 47.9 Å². The van der Waals surface area contributed by atoms with Gasteiger partial charge in [-0.25, -0.2) is 9.59 Å². The van der Waals surface area contributed by atoms with Gasteiger partial charge < -0.3 is 19.4 Å². The van der Waals surface area contributed by atoms with E-state index in [0.717, 1.165) is 35.8 Å². The Kier molecular flexibility index (Phi) is 8.32. The summed E-state index contributed by atoms with van der Waals surface area (Å²) >= 11 is 0. The smallest absolute Gasteiger partial charge is 0.330 e. The van der Waals surface area contributed by atoms with Crippen molar-refractivity contribution in [3.63, 3.8) is 0 Å². The van der Waals surface area contributed by atoms with Gasteiger partial charge in [0.2, 0.25) is 5.91 Å². The number of esters is 1. The molecule has 0 bridgehead atoms. The van der Waals surface area contributed by atoms with Crippen LogP contribution in [0.4, 0.5) is 0 Å². The molecule has 1 aromatic carbocycles. The second-order valence-corrected chi connectivity index (χ2v) is 9.35. The zero-order valence-electron chi connectivity index (χ0n) is 21.2. The Morgan fingerprint density at radius 2 is 1.69 bits per heavy atom. The Labute approximate surface area is 205 Å². The van der Waals surface area contributed by atoms with E-state index in [4.69, 9.17) is 9.47 Å². The van der Waals surface area contributed by atoms with Crippen LogP contribution in [-0.2, 0) is 39.6 Å². The van der Waals surface area contributed by atoms with Gasteiger partial charge in [-0.1, -0.05) is 37.1 Å². The van der Waals surface area contributed by atoms with Crippen molar-refractivity contribution in [2.45, 2.75) is 51.5 Å². The highest BCUT2D eigenvalue weighted by molar-refractivity contribution is 5.88. The van der Waals surface area contributed by atoms with Gasteiger partial charge in [-0.05, 0) is 37.3 Å². The summed E-state index contributed by atoms with van der Waals surface area (Å²) in [6.45, 7) is 2.22. The van der Waals surface area contributed by atoms with Gasteiger partial charge in [0.05, 0.1) is 18.1 Å². The quantitative estimate of drug-likeness (QED) is 0.543. The molecular weight excluding hydrogens is 450 g/mol. The lowest BCUT2D eigenvalue weighted by molar-refractivity contribution is -0.146. The van der Waals surface area contributed by atoms with Crippen LogP contribution in [0, 0.1) is 12.3 Å². The molecule has 1 N–H and O–H groups in total. The molecule has 3 rings (SSSR count). The van der Waals surface area contributed by atoms with Crippen molar-refractivity contribution in [2.24, 2.45) is 19.5 Å². The third kappa shape index (κ3) is 5.40. The number of carbonyl (C=O) groups excluding carboxylic acids is 2. The average molecular weight is 486 g/mol. The topological polar surface area (TPSA) is 109 Å². The van der Waals surface area contributed by atoms with Crippen LogP contribution in [0.1, 0.15) is 43.4 Å². The average Bonchev–Trinajstić information content (AvgIpc) is 3.35. The van der Waals surface area contributed by atoms with Crippen molar-refractivity contribution in [3.8, 4) is 11.1 Å². The molecule has 1 aliphatic rings. The minimum atomic E-state index is -0.828. The fraction of sp³-hybridized carbons (Fsp3) is 0.538. The summed E-state index contributed by atoms with van der Waals surface area (Å²) in [5, 5.41) is 2.93. The summed E-state index contributed by atoms with van der Waals surface area (Å²) in [7, 11) is 6.00. The molecule has 1 aliphatic carbocycles. The number of hydrogen-bond acceptors (Lipinski definition) is 6. The van der Waals surface area contributed by atoms with Crippen LogP contribution in [0.25, 0.3) is 11.1 Å². The molecule has 0 aliphatic heterocycles. The third-order valence-electron chi connectivity index (χ3n) is 7.26. The van der Waals surface area contributed by atoms with Crippen LogP contribution in [0.5, 0.6) is 0 Å². The van der Waals surface area contributed by atoms with E-state index in [2.05, 4.69) is 5.32 Å². The van der Waals surface area contributed by atoms with Crippen molar-refractivity contribution in [3.05, 3.63) is 56.4 Å². The van der Waals surface area contributed by atoms with Crippen LogP contribution < -0.4 is 16.6 Å². The minimum absolute atomic E-state index is 0.136. The highest BCUT2D eigenvalue weighted by Crippen LogP contribution is 2.41. The molecule has 1 fully saturated rings. The van der Waals surface area contributed by atoms with Gasteiger partial charge >= 0.3 is 11.7 Å². The monoisotopic (exact) mass is 485 g/mol. The van der Waals surface area contributed by atoms with Gasteiger partial charge in [-0.3, -0.25) is 14.2 Å². The molecule has 1 amide bonds. The van der Waals surface area contributed by atoms with Crippen LogP contribution >= 0.6 is 0 Å².